The molecule has 64 valence electrons. The molecule has 3 saturated carbocycles. The van der Waals surface area contributed by atoms with E-state index >= 15 is 0 Å². The van der Waals surface area contributed by atoms with E-state index in [0.717, 1.165) is 17.8 Å². The van der Waals surface area contributed by atoms with Gasteiger partial charge in [0.1, 0.15) is 0 Å². The first-order valence-electron chi connectivity index (χ1n) is 5.40. The van der Waals surface area contributed by atoms with E-state index in [1.54, 1.807) is 32.1 Å². The molecule has 3 fully saturated rings. The highest BCUT2D eigenvalue weighted by Gasteiger charge is 2.34. The van der Waals surface area contributed by atoms with Gasteiger partial charge >= 0.3 is 0 Å². The van der Waals surface area contributed by atoms with Crippen LogP contribution in [0.5, 0.6) is 0 Å². The Morgan fingerprint density at radius 2 is 1.82 bits per heavy atom. The van der Waals surface area contributed by atoms with Crippen molar-refractivity contribution in [2.45, 2.75) is 51.9 Å². The largest absolute Gasteiger partial charge is 0.0654 e. The lowest BCUT2D eigenvalue weighted by Gasteiger charge is -2.42. The SMILES string of the molecule is CCCC1CC2CCC1CC2. The molecular weight excluding hydrogens is 132 g/mol. The summed E-state index contributed by atoms with van der Waals surface area (Å²) in [6, 6.07) is 0. The van der Waals surface area contributed by atoms with Crippen molar-refractivity contribution in [2.75, 3.05) is 0 Å². The summed E-state index contributed by atoms with van der Waals surface area (Å²) >= 11 is 0. The third-order valence-corrected chi connectivity index (χ3v) is 3.85. The second-order valence-electron chi connectivity index (χ2n) is 4.57. The first-order chi connectivity index (χ1) is 5.40. The van der Waals surface area contributed by atoms with Gasteiger partial charge in [-0.1, -0.05) is 32.6 Å². The molecule has 2 bridgehead atoms. The topological polar surface area (TPSA) is 0 Å². The van der Waals surface area contributed by atoms with Gasteiger partial charge in [0.15, 0.2) is 0 Å². The van der Waals surface area contributed by atoms with Gasteiger partial charge in [-0.05, 0) is 37.0 Å². The predicted octanol–water partition coefficient (Wildman–Crippen LogP) is 3.61. The highest BCUT2D eigenvalue weighted by Crippen LogP contribution is 2.46. The maximum atomic E-state index is 2.34. The third-order valence-electron chi connectivity index (χ3n) is 3.85. The lowest BCUT2D eigenvalue weighted by Crippen LogP contribution is -2.30. The fourth-order valence-electron chi connectivity index (χ4n) is 3.24. The van der Waals surface area contributed by atoms with Gasteiger partial charge in [-0.25, -0.2) is 0 Å². The van der Waals surface area contributed by atoms with Crippen LogP contribution in [0.2, 0.25) is 0 Å². The molecule has 0 saturated heterocycles. The van der Waals surface area contributed by atoms with Crippen LogP contribution in [-0.2, 0) is 0 Å². The zero-order valence-electron chi connectivity index (χ0n) is 7.68. The van der Waals surface area contributed by atoms with Crippen LogP contribution in [0.15, 0.2) is 0 Å². The fourth-order valence-corrected chi connectivity index (χ4v) is 3.24. The first kappa shape index (κ1) is 7.64. The highest BCUT2D eigenvalue weighted by molar-refractivity contribution is 4.85. The lowest BCUT2D eigenvalue weighted by molar-refractivity contribution is 0.0925. The van der Waals surface area contributed by atoms with Crippen molar-refractivity contribution in [1.29, 1.82) is 0 Å². The quantitative estimate of drug-likeness (QED) is 0.567. The van der Waals surface area contributed by atoms with Gasteiger partial charge in [0.25, 0.3) is 0 Å². The van der Waals surface area contributed by atoms with Crippen molar-refractivity contribution in [3.63, 3.8) is 0 Å². The molecule has 0 heterocycles. The summed E-state index contributed by atoms with van der Waals surface area (Å²) in [5.41, 5.74) is 0. The average molecular weight is 152 g/mol. The minimum Gasteiger partial charge on any atom is -0.0654 e. The van der Waals surface area contributed by atoms with Gasteiger partial charge in [0.05, 0.1) is 0 Å². The Labute approximate surface area is 70.4 Å². The van der Waals surface area contributed by atoms with E-state index in [0.29, 0.717) is 0 Å². The second kappa shape index (κ2) is 3.16. The van der Waals surface area contributed by atoms with E-state index < -0.39 is 0 Å². The average Bonchev–Trinajstić information content (AvgIpc) is 2.07. The Kier molecular flexibility index (Phi) is 2.20. The normalized spacial score (nSPS) is 42.8. The first-order valence-corrected chi connectivity index (χ1v) is 5.40. The van der Waals surface area contributed by atoms with Crippen LogP contribution in [-0.4, -0.2) is 0 Å². The Morgan fingerprint density at radius 1 is 1.09 bits per heavy atom. The van der Waals surface area contributed by atoms with Gasteiger partial charge < -0.3 is 0 Å². The zero-order chi connectivity index (χ0) is 7.68. The van der Waals surface area contributed by atoms with E-state index in [9.17, 15) is 0 Å². The Bertz CT molecular complexity index is 120. The van der Waals surface area contributed by atoms with Crippen molar-refractivity contribution in [3.8, 4) is 0 Å². The highest BCUT2D eigenvalue weighted by atomic mass is 14.4. The molecule has 0 amide bonds. The molecule has 0 nitrogen and oxygen atoms in total. The van der Waals surface area contributed by atoms with Crippen LogP contribution in [0.3, 0.4) is 0 Å². The lowest BCUT2D eigenvalue weighted by atomic mass is 9.64. The number of fused-ring (bicyclic) bond motifs is 3. The standard InChI is InChI=1S/C11H20/c1-2-3-11-8-9-4-6-10(11)7-5-9/h9-11H,2-8H2,1H3. The molecular formula is C11H20. The van der Waals surface area contributed by atoms with Gasteiger partial charge in [-0.2, -0.15) is 0 Å². The molecule has 1 unspecified atom stereocenters. The van der Waals surface area contributed by atoms with Crippen molar-refractivity contribution in [1.82, 2.24) is 0 Å². The number of rotatable bonds is 2. The predicted molar refractivity (Wildman–Crippen MR) is 48.5 cm³/mol. The van der Waals surface area contributed by atoms with Crippen molar-refractivity contribution in [2.24, 2.45) is 17.8 Å². The molecule has 3 rings (SSSR count). The van der Waals surface area contributed by atoms with E-state index in [-0.39, 0.29) is 0 Å². The Morgan fingerprint density at radius 3 is 2.27 bits per heavy atom. The van der Waals surface area contributed by atoms with Crippen molar-refractivity contribution < 1.29 is 0 Å². The molecule has 0 aromatic carbocycles. The van der Waals surface area contributed by atoms with Crippen LogP contribution in [0.1, 0.15) is 51.9 Å². The summed E-state index contributed by atoms with van der Waals surface area (Å²) in [6.07, 6.45) is 10.8. The van der Waals surface area contributed by atoms with Crippen LogP contribution >= 0.6 is 0 Å². The Hall–Kier alpha value is 0. The van der Waals surface area contributed by atoms with Gasteiger partial charge in [0.2, 0.25) is 0 Å². The van der Waals surface area contributed by atoms with Crippen LogP contribution in [0, 0.1) is 17.8 Å². The molecule has 0 aromatic heterocycles. The van der Waals surface area contributed by atoms with Gasteiger partial charge in [-0.3, -0.25) is 0 Å². The molecule has 0 spiro atoms. The molecule has 0 heteroatoms. The summed E-state index contributed by atoms with van der Waals surface area (Å²) in [4.78, 5) is 0. The molecule has 0 N–H and O–H groups in total. The molecule has 1 atom stereocenters. The summed E-state index contributed by atoms with van der Waals surface area (Å²) < 4.78 is 0. The minimum absolute atomic E-state index is 1.13. The molecule has 3 aliphatic rings. The molecule has 0 radical (unpaired) electrons. The smallest absolute Gasteiger partial charge is 0.0383 e. The maximum Gasteiger partial charge on any atom is -0.0383 e. The fraction of sp³-hybridized carbons (Fsp3) is 1.00. The summed E-state index contributed by atoms with van der Waals surface area (Å²) in [6.45, 7) is 2.34. The molecule has 0 aromatic rings. The second-order valence-corrected chi connectivity index (χ2v) is 4.57. The van der Waals surface area contributed by atoms with Gasteiger partial charge in [0, 0.05) is 0 Å². The van der Waals surface area contributed by atoms with Crippen LogP contribution in [0.4, 0.5) is 0 Å². The van der Waals surface area contributed by atoms with Crippen LogP contribution < -0.4 is 0 Å². The van der Waals surface area contributed by atoms with E-state index in [1.165, 1.54) is 12.8 Å². The monoisotopic (exact) mass is 152 g/mol. The molecule has 0 aliphatic heterocycles. The molecule has 3 aliphatic carbocycles. The van der Waals surface area contributed by atoms with Gasteiger partial charge in [-0.15, -0.1) is 0 Å². The van der Waals surface area contributed by atoms with Crippen molar-refractivity contribution in [3.05, 3.63) is 0 Å². The number of hydrogen-bond acceptors (Lipinski definition) is 0. The maximum absolute atomic E-state index is 2.34. The Balaban J connectivity index is 1.92. The number of hydrogen-bond donors (Lipinski definition) is 0. The summed E-state index contributed by atoms with van der Waals surface area (Å²) in [7, 11) is 0. The third kappa shape index (κ3) is 1.45. The zero-order valence-corrected chi connectivity index (χ0v) is 7.68. The van der Waals surface area contributed by atoms with Crippen LogP contribution in [0.25, 0.3) is 0 Å². The minimum atomic E-state index is 1.13. The van der Waals surface area contributed by atoms with E-state index in [4.69, 9.17) is 0 Å². The van der Waals surface area contributed by atoms with Crippen molar-refractivity contribution >= 4 is 0 Å². The van der Waals surface area contributed by atoms with E-state index in [1.807, 2.05) is 0 Å². The molecule has 11 heavy (non-hydrogen) atoms. The summed E-state index contributed by atoms with van der Waals surface area (Å²) in [5, 5.41) is 0. The summed E-state index contributed by atoms with van der Waals surface area (Å²) in [5.74, 6) is 3.41. The van der Waals surface area contributed by atoms with E-state index in [2.05, 4.69) is 6.92 Å².